The normalized spacial score (nSPS) is 24.2. The molecule has 0 atom stereocenters. The molecule has 1 rings (SSSR count). The standard InChI is InChI=1S/CHBBrO2/c3-1-4-2-5-1/h1H. The van der Waals surface area contributed by atoms with Gasteiger partial charge in [-0.25, -0.2) is 0 Å². The highest BCUT2D eigenvalue weighted by molar-refractivity contribution is 9.09. The van der Waals surface area contributed by atoms with Crippen LogP contribution >= 0.6 is 15.9 Å². The first-order valence-corrected chi connectivity index (χ1v) is 2.08. The van der Waals surface area contributed by atoms with E-state index in [0.29, 0.717) is 0 Å². The van der Waals surface area contributed by atoms with Crippen molar-refractivity contribution in [1.82, 2.24) is 0 Å². The molecule has 0 unspecified atom stereocenters. The summed E-state index contributed by atoms with van der Waals surface area (Å²) in [5.74, 6) is 0. The minimum Gasteiger partial charge on any atom is -0.380 e. The van der Waals surface area contributed by atoms with Crippen LogP contribution in [0.15, 0.2) is 0 Å². The van der Waals surface area contributed by atoms with Crippen molar-refractivity contribution < 1.29 is 9.31 Å². The lowest BCUT2D eigenvalue weighted by Gasteiger charge is -2.18. The molecule has 1 aliphatic heterocycles. The van der Waals surface area contributed by atoms with Crippen LogP contribution in [0.3, 0.4) is 0 Å². The van der Waals surface area contributed by atoms with E-state index < -0.39 is 0 Å². The average molecular weight is 136 g/mol. The Kier molecular flexibility index (Phi) is 0.936. The van der Waals surface area contributed by atoms with Gasteiger partial charge < -0.3 is 9.31 Å². The van der Waals surface area contributed by atoms with Gasteiger partial charge in [-0.3, -0.25) is 0 Å². The lowest BCUT2D eigenvalue weighted by Crippen LogP contribution is -2.27. The Hall–Kier alpha value is 0.465. The van der Waals surface area contributed by atoms with Crippen LogP contribution in [-0.2, 0) is 9.31 Å². The SMILES string of the molecule is BrC1O[B]O1. The fourth-order valence-corrected chi connectivity index (χ4v) is 0.274. The molecule has 0 aliphatic carbocycles. The van der Waals surface area contributed by atoms with E-state index in [4.69, 9.17) is 0 Å². The lowest BCUT2D eigenvalue weighted by molar-refractivity contribution is -0.0184. The smallest absolute Gasteiger partial charge is 0.380 e. The molecule has 0 aromatic rings. The maximum Gasteiger partial charge on any atom is 0.493 e. The van der Waals surface area contributed by atoms with Gasteiger partial charge in [0.2, 0.25) is 0 Å². The maximum atomic E-state index is 4.50. The zero-order chi connectivity index (χ0) is 3.70. The zero-order valence-electron chi connectivity index (χ0n) is 2.35. The van der Waals surface area contributed by atoms with Gasteiger partial charge >= 0.3 is 7.69 Å². The molecular weight excluding hydrogens is 135 g/mol. The summed E-state index contributed by atoms with van der Waals surface area (Å²) in [6.45, 7) is 0. The van der Waals surface area contributed by atoms with Gasteiger partial charge in [-0.05, 0) is 15.9 Å². The summed E-state index contributed by atoms with van der Waals surface area (Å²) in [5, 5.41) is -0.178. The van der Waals surface area contributed by atoms with E-state index in [9.17, 15) is 0 Å². The highest BCUT2D eigenvalue weighted by atomic mass is 79.9. The molecule has 0 bridgehead atoms. The van der Waals surface area contributed by atoms with Crippen molar-refractivity contribution >= 4 is 23.6 Å². The number of alkyl halides is 1. The van der Waals surface area contributed by atoms with Gasteiger partial charge in [-0.1, -0.05) is 0 Å². The third-order valence-electron chi connectivity index (χ3n) is 0.325. The molecule has 1 saturated heterocycles. The Morgan fingerprint density at radius 2 is 2.00 bits per heavy atom. The molecule has 0 aromatic heterocycles. The molecule has 0 N–H and O–H groups in total. The Morgan fingerprint density at radius 3 is 2.00 bits per heavy atom. The summed E-state index contributed by atoms with van der Waals surface area (Å²) in [4.78, 5) is 0. The van der Waals surface area contributed by atoms with E-state index in [1.54, 1.807) is 0 Å². The first-order chi connectivity index (χ1) is 2.39. The second kappa shape index (κ2) is 1.28. The zero-order valence-corrected chi connectivity index (χ0v) is 3.94. The van der Waals surface area contributed by atoms with Gasteiger partial charge in [0.25, 0.3) is 0 Å². The Balaban J connectivity index is 2.08. The monoisotopic (exact) mass is 135 g/mol. The van der Waals surface area contributed by atoms with Gasteiger partial charge in [-0.2, -0.15) is 0 Å². The fraction of sp³-hybridized carbons (Fsp3) is 1.00. The largest absolute Gasteiger partial charge is 0.493 e. The average Bonchev–Trinajstić information content (AvgIpc) is 1.30. The van der Waals surface area contributed by atoms with Gasteiger partial charge in [0.15, 0.2) is 5.20 Å². The Labute approximate surface area is 38.9 Å². The summed E-state index contributed by atoms with van der Waals surface area (Å²) < 4.78 is 9.00. The van der Waals surface area contributed by atoms with Crippen LogP contribution in [0.1, 0.15) is 0 Å². The summed E-state index contributed by atoms with van der Waals surface area (Å²) in [6, 6.07) is 0. The number of hydrogen-bond acceptors (Lipinski definition) is 2. The topological polar surface area (TPSA) is 18.5 Å². The van der Waals surface area contributed by atoms with E-state index in [0.717, 1.165) is 0 Å². The van der Waals surface area contributed by atoms with E-state index in [-0.39, 0.29) is 5.20 Å². The second-order valence-corrected chi connectivity index (χ2v) is 1.39. The fourth-order valence-electron chi connectivity index (χ4n) is 0.0976. The van der Waals surface area contributed by atoms with Gasteiger partial charge in [0.05, 0.1) is 0 Å². The predicted molar refractivity (Wildman–Crippen MR) is 20.6 cm³/mol. The van der Waals surface area contributed by atoms with E-state index in [1.807, 2.05) is 0 Å². The molecule has 27 valence electrons. The highest BCUT2D eigenvalue weighted by Gasteiger charge is 2.16. The lowest BCUT2D eigenvalue weighted by atomic mass is 10.4. The molecule has 1 heterocycles. The van der Waals surface area contributed by atoms with Crippen LogP contribution < -0.4 is 0 Å². The van der Waals surface area contributed by atoms with Crippen LogP contribution in [0.4, 0.5) is 0 Å². The van der Waals surface area contributed by atoms with E-state index in [2.05, 4.69) is 25.2 Å². The molecule has 1 radical (unpaired) electrons. The third kappa shape index (κ3) is 0.649. The minimum atomic E-state index is -0.178. The Bertz CT molecular complexity index is 36.6. The van der Waals surface area contributed by atoms with Crippen LogP contribution in [0.2, 0.25) is 0 Å². The molecule has 1 fully saturated rings. The Morgan fingerprint density at radius 1 is 1.60 bits per heavy atom. The number of hydrogen-bond donors (Lipinski definition) is 0. The van der Waals surface area contributed by atoms with Gasteiger partial charge in [0.1, 0.15) is 0 Å². The number of halogens is 1. The molecule has 0 aromatic carbocycles. The van der Waals surface area contributed by atoms with Crippen molar-refractivity contribution in [2.45, 2.75) is 5.20 Å². The summed E-state index contributed by atoms with van der Waals surface area (Å²) >= 11 is 2.98. The molecule has 4 heteroatoms. The van der Waals surface area contributed by atoms with Crippen molar-refractivity contribution in [2.75, 3.05) is 0 Å². The first-order valence-electron chi connectivity index (χ1n) is 1.16. The molecule has 1 aliphatic rings. The summed E-state index contributed by atoms with van der Waals surface area (Å²) in [6.07, 6.45) is 0. The van der Waals surface area contributed by atoms with Crippen molar-refractivity contribution in [3.8, 4) is 0 Å². The van der Waals surface area contributed by atoms with Crippen LogP contribution in [0.25, 0.3) is 0 Å². The highest BCUT2D eigenvalue weighted by Crippen LogP contribution is 2.09. The first kappa shape index (κ1) is 3.65. The quantitative estimate of drug-likeness (QED) is 0.350. The summed E-state index contributed by atoms with van der Waals surface area (Å²) in [7, 11) is 1.28. The van der Waals surface area contributed by atoms with Gasteiger partial charge in [-0.15, -0.1) is 0 Å². The predicted octanol–water partition coefficient (Wildman–Crippen LogP) is 0.246. The van der Waals surface area contributed by atoms with Crippen LogP contribution in [-0.4, -0.2) is 12.9 Å². The van der Waals surface area contributed by atoms with E-state index >= 15 is 0 Å². The number of rotatable bonds is 0. The summed E-state index contributed by atoms with van der Waals surface area (Å²) in [5.41, 5.74) is 0. The van der Waals surface area contributed by atoms with E-state index in [1.165, 1.54) is 7.69 Å². The second-order valence-electron chi connectivity index (χ2n) is 0.643. The molecular formula is CHBBrO2. The third-order valence-corrected chi connectivity index (χ3v) is 0.757. The van der Waals surface area contributed by atoms with Crippen molar-refractivity contribution in [2.24, 2.45) is 0 Å². The molecule has 0 amide bonds. The van der Waals surface area contributed by atoms with Crippen molar-refractivity contribution in [3.05, 3.63) is 0 Å². The molecule has 0 saturated carbocycles. The minimum absolute atomic E-state index is 0.178. The molecule has 2 nitrogen and oxygen atoms in total. The molecule has 0 spiro atoms. The van der Waals surface area contributed by atoms with Crippen molar-refractivity contribution in [1.29, 1.82) is 0 Å². The van der Waals surface area contributed by atoms with Gasteiger partial charge in [0, 0.05) is 0 Å². The maximum absolute atomic E-state index is 4.50. The van der Waals surface area contributed by atoms with Crippen molar-refractivity contribution in [3.63, 3.8) is 0 Å². The van der Waals surface area contributed by atoms with Crippen LogP contribution in [0, 0.1) is 0 Å². The molecule has 5 heavy (non-hydrogen) atoms. The van der Waals surface area contributed by atoms with Crippen LogP contribution in [0.5, 0.6) is 0 Å².